The van der Waals surface area contributed by atoms with Crippen molar-refractivity contribution in [3.63, 3.8) is 0 Å². The van der Waals surface area contributed by atoms with Gasteiger partial charge in [0.1, 0.15) is 17.9 Å². The van der Waals surface area contributed by atoms with Crippen LogP contribution in [0, 0.1) is 6.92 Å². The van der Waals surface area contributed by atoms with Gasteiger partial charge in [0.15, 0.2) is 5.13 Å². The van der Waals surface area contributed by atoms with Crippen LogP contribution in [0.2, 0.25) is 0 Å². The van der Waals surface area contributed by atoms with Gasteiger partial charge < -0.3 is 9.84 Å². The average molecular weight is 433 g/mol. The molecule has 1 amide bonds. The van der Waals surface area contributed by atoms with Crippen molar-refractivity contribution >= 4 is 44.8 Å². The monoisotopic (exact) mass is 432 g/mol. The van der Waals surface area contributed by atoms with Crippen LogP contribution in [0.5, 0.6) is 5.75 Å². The summed E-state index contributed by atoms with van der Waals surface area (Å²) < 4.78 is 5.36. The van der Waals surface area contributed by atoms with Gasteiger partial charge in [-0.1, -0.05) is 42.5 Å². The molecule has 4 rings (SSSR count). The number of fused-ring (bicyclic) bond motifs is 1. The maximum absolute atomic E-state index is 12.5. The molecule has 1 heterocycles. The van der Waals surface area contributed by atoms with Crippen molar-refractivity contribution in [2.45, 2.75) is 20.5 Å². The summed E-state index contributed by atoms with van der Waals surface area (Å²) >= 11 is 1.29. The minimum absolute atomic E-state index is 0.0683. The minimum Gasteiger partial charge on any atom is -0.506 e. The Morgan fingerprint density at radius 1 is 1.10 bits per heavy atom. The number of carbonyl (C=O) groups is 2. The molecular formula is C24H20N2O4S. The van der Waals surface area contributed by atoms with E-state index in [9.17, 15) is 14.7 Å². The largest absolute Gasteiger partial charge is 0.506 e. The number of nitrogens with zero attached hydrogens (tertiary/aromatic N) is 2. The van der Waals surface area contributed by atoms with Crippen LogP contribution in [-0.2, 0) is 16.1 Å². The number of hydrogen-bond acceptors (Lipinski definition) is 6. The molecule has 156 valence electrons. The first-order chi connectivity index (χ1) is 14.9. The van der Waals surface area contributed by atoms with Gasteiger partial charge in [0.05, 0.1) is 11.4 Å². The molecule has 7 heteroatoms. The van der Waals surface area contributed by atoms with Crippen molar-refractivity contribution in [2.24, 2.45) is 0 Å². The number of phenols is 1. The van der Waals surface area contributed by atoms with E-state index in [0.717, 1.165) is 16.6 Å². The van der Waals surface area contributed by atoms with E-state index in [4.69, 9.17) is 4.74 Å². The molecule has 0 aliphatic carbocycles. The number of aromatic nitrogens is 1. The molecule has 0 unspecified atom stereocenters. The third-order valence-corrected chi connectivity index (χ3v) is 5.65. The fourth-order valence-electron chi connectivity index (χ4n) is 3.30. The number of aryl methyl sites for hydroxylation is 1. The highest BCUT2D eigenvalue weighted by atomic mass is 32.1. The SMILES string of the molecule is CC(=O)N(c1cccc(C)c1)c1nc(COC(=O)c2ccc3ccccc3c2O)cs1. The molecule has 0 atom stereocenters. The number of thiazole rings is 1. The van der Waals surface area contributed by atoms with E-state index in [1.54, 1.807) is 29.6 Å². The maximum atomic E-state index is 12.5. The number of hydrogen-bond donors (Lipinski definition) is 1. The zero-order valence-corrected chi connectivity index (χ0v) is 17.8. The number of carbonyl (C=O) groups excluding carboxylic acids is 2. The Morgan fingerprint density at radius 2 is 1.90 bits per heavy atom. The van der Waals surface area contributed by atoms with E-state index >= 15 is 0 Å². The van der Waals surface area contributed by atoms with Crippen LogP contribution in [-0.4, -0.2) is 22.0 Å². The molecule has 0 saturated carbocycles. The fourth-order valence-corrected chi connectivity index (χ4v) is 4.17. The molecule has 0 bridgehead atoms. The van der Waals surface area contributed by atoms with Gasteiger partial charge in [0, 0.05) is 17.7 Å². The summed E-state index contributed by atoms with van der Waals surface area (Å²) in [6.07, 6.45) is 0. The number of benzene rings is 3. The molecule has 1 N–H and O–H groups in total. The van der Waals surface area contributed by atoms with Crippen molar-refractivity contribution < 1.29 is 19.4 Å². The van der Waals surface area contributed by atoms with Gasteiger partial charge in [-0.15, -0.1) is 11.3 Å². The van der Waals surface area contributed by atoms with E-state index in [2.05, 4.69) is 4.98 Å². The van der Waals surface area contributed by atoms with Crippen LogP contribution < -0.4 is 4.90 Å². The summed E-state index contributed by atoms with van der Waals surface area (Å²) in [7, 11) is 0. The average Bonchev–Trinajstić information content (AvgIpc) is 3.21. The summed E-state index contributed by atoms with van der Waals surface area (Å²) in [5.74, 6) is -0.909. The van der Waals surface area contributed by atoms with Crippen molar-refractivity contribution in [3.8, 4) is 5.75 Å². The Bertz CT molecular complexity index is 1280. The number of esters is 1. The van der Waals surface area contributed by atoms with Gasteiger partial charge in [-0.05, 0) is 36.1 Å². The molecule has 6 nitrogen and oxygen atoms in total. The second-order valence-electron chi connectivity index (χ2n) is 7.07. The van der Waals surface area contributed by atoms with Crippen molar-refractivity contribution in [1.29, 1.82) is 0 Å². The van der Waals surface area contributed by atoms with Gasteiger partial charge in [-0.25, -0.2) is 9.78 Å². The molecule has 0 saturated heterocycles. The Labute approximate surface area is 183 Å². The standard InChI is InChI=1S/C24H20N2O4S/c1-15-6-5-8-19(12-15)26(16(2)27)24-25-18(14-31-24)13-30-23(29)21-11-10-17-7-3-4-9-20(17)22(21)28/h3-12,14,28H,13H2,1-2H3. The Balaban J connectivity index is 1.51. The molecule has 0 fully saturated rings. The fraction of sp³-hybridized carbons (Fsp3) is 0.125. The van der Waals surface area contributed by atoms with Crippen LogP contribution >= 0.6 is 11.3 Å². The Kier molecular flexibility index (Phi) is 5.68. The quantitative estimate of drug-likeness (QED) is 0.430. The minimum atomic E-state index is -0.639. The van der Waals surface area contributed by atoms with Gasteiger partial charge in [0.2, 0.25) is 5.91 Å². The lowest BCUT2D eigenvalue weighted by Gasteiger charge is -2.18. The lowest BCUT2D eigenvalue weighted by molar-refractivity contribution is -0.115. The van der Waals surface area contributed by atoms with E-state index in [-0.39, 0.29) is 23.8 Å². The molecule has 0 aliphatic heterocycles. The number of amides is 1. The topological polar surface area (TPSA) is 79.7 Å². The lowest BCUT2D eigenvalue weighted by atomic mass is 10.1. The normalized spacial score (nSPS) is 10.8. The van der Waals surface area contributed by atoms with Crippen LogP contribution in [0.3, 0.4) is 0 Å². The molecule has 0 aliphatic rings. The molecular weight excluding hydrogens is 412 g/mol. The van der Waals surface area contributed by atoms with Crippen molar-refractivity contribution in [3.05, 3.63) is 82.9 Å². The first-order valence-electron chi connectivity index (χ1n) is 9.63. The summed E-state index contributed by atoms with van der Waals surface area (Å²) in [6, 6.07) is 18.2. The van der Waals surface area contributed by atoms with E-state index in [1.807, 2.05) is 43.3 Å². The van der Waals surface area contributed by atoms with Gasteiger partial charge >= 0.3 is 5.97 Å². The number of ether oxygens (including phenoxy) is 1. The summed E-state index contributed by atoms with van der Waals surface area (Å²) in [4.78, 5) is 30.7. The first kappa shape index (κ1) is 20.6. The molecule has 0 radical (unpaired) electrons. The number of anilines is 2. The molecule has 4 aromatic rings. The van der Waals surface area contributed by atoms with Gasteiger partial charge in [-0.3, -0.25) is 9.69 Å². The highest BCUT2D eigenvalue weighted by Gasteiger charge is 2.19. The molecule has 0 spiro atoms. The zero-order valence-electron chi connectivity index (χ0n) is 17.0. The van der Waals surface area contributed by atoms with Gasteiger partial charge in [0.25, 0.3) is 0 Å². The highest BCUT2D eigenvalue weighted by Crippen LogP contribution is 2.31. The van der Waals surface area contributed by atoms with E-state index < -0.39 is 5.97 Å². The lowest BCUT2D eigenvalue weighted by Crippen LogP contribution is -2.22. The smallest absolute Gasteiger partial charge is 0.342 e. The zero-order chi connectivity index (χ0) is 22.0. The van der Waals surface area contributed by atoms with E-state index in [0.29, 0.717) is 16.2 Å². The Hall–Kier alpha value is -3.71. The van der Waals surface area contributed by atoms with Crippen molar-refractivity contribution in [1.82, 2.24) is 4.98 Å². The molecule has 3 aromatic carbocycles. The van der Waals surface area contributed by atoms with E-state index in [1.165, 1.54) is 23.2 Å². The van der Waals surface area contributed by atoms with Crippen molar-refractivity contribution in [2.75, 3.05) is 4.90 Å². The predicted molar refractivity (Wildman–Crippen MR) is 121 cm³/mol. The second-order valence-corrected chi connectivity index (χ2v) is 7.91. The number of aromatic hydroxyl groups is 1. The summed E-state index contributed by atoms with van der Waals surface area (Å²) in [6.45, 7) is 3.36. The second kappa shape index (κ2) is 8.57. The molecule has 31 heavy (non-hydrogen) atoms. The summed E-state index contributed by atoms with van der Waals surface area (Å²) in [5, 5.41) is 14.1. The number of rotatable bonds is 5. The van der Waals surface area contributed by atoms with Crippen LogP contribution in [0.25, 0.3) is 10.8 Å². The first-order valence-corrected chi connectivity index (χ1v) is 10.5. The van der Waals surface area contributed by atoms with Gasteiger partial charge in [-0.2, -0.15) is 0 Å². The third-order valence-electron chi connectivity index (χ3n) is 4.78. The van der Waals surface area contributed by atoms with Crippen LogP contribution in [0.4, 0.5) is 10.8 Å². The Morgan fingerprint density at radius 3 is 2.68 bits per heavy atom. The summed E-state index contributed by atoms with van der Waals surface area (Å²) in [5.41, 5.74) is 2.38. The van der Waals surface area contributed by atoms with Crippen LogP contribution in [0.15, 0.2) is 66.0 Å². The highest BCUT2D eigenvalue weighted by molar-refractivity contribution is 7.14. The number of phenolic OH excluding ortho intramolecular Hbond substituents is 1. The predicted octanol–water partition coefficient (Wildman–Crippen LogP) is 5.35. The third kappa shape index (κ3) is 4.27. The van der Waals surface area contributed by atoms with Crippen LogP contribution in [0.1, 0.15) is 28.5 Å². The maximum Gasteiger partial charge on any atom is 0.342 e. The molecule has 1 aromatic heterocycles.